The van der Waals surface area contributed by atoms with Crippen molar-refractivity contribution in [2.75, 3.05) is 13.2 Å². The Morgan fingerprint density at radius 1 is 1.19 bits per heavy atom. The van der Waals surface area contributed by atoms with Crippen molar-refractivity contribution < 1.29 is 36.9 Å². The summed E-state index contributed by atoms with van der Waals surface area (Å²) in [4.78, 5) is 11.2. The highest BCUT2D eigenvalue weighted by atomic mass is 35.5. The van der Waals surface area contributed by atoms with E-state index in [0.29, 0.717) is 0 Å². The van der Waals surface area contributed by atoms with Gasteiger partial charge in [-0.25, -0.2) is 9.48 Å². The molecule has 11 heteroatoms. The van der Waals surface area contributed by atoms with E-state index >= 15 is 0 Å². The molecule has 0 fully saturated rings. The van der Waals surface area contributed by atoms with E-state index in [0.717, 1.165) is 18.2 Å². The van der Waals surface area contributed by atoms with Crippen molar-refractivity contribution >= 4 is 17.6 Å². The van der Waals surface area contributed by atoms with Crippen LogP contribution in [0.5, 0.6) is 11.6 Å². The molecule has 0 aliphatic rings. The topological polar surface area (TPSA) is 73.6 Å². The Balaban J connectivity index is 1.80. The molecule has 0 amide bonds. The average Bonchev–Trinajstić information content (AvgIpc) is 3.04. The van der Waals surface area contributed by atoms with Gasteiger partial charge in [-0.05, 0) is 37.3 Å². The van der Waals surface area contributed by atoms with Crippen molar-refractivity contribution in [3.05, 3.63) is 64.4 Å². The van der Waals surface area contributed by atoms with Crippen molar-refractivity contribution in [3.8, 4) is 22.9 Å². The van der Waals surface area contributed by atoms with Gasteiger partial charge in [-0.1, -0.05) is 23.7 Å². The molecule has 0 saturated heterocycles. The van der Waals surface area contributed by atoms with Crippen LogP contribution < -0.4 is 9.47 Å². The lowest BCUT2D eigenvalue weighted by Gasteiger charge is -2.12. The summed E-state index contributed by atoms with van der Waals surface area (Å²) in [7, 11) is 0. The van der Waals surface area contributed by atoms with E-state index in [1.807, 2.05) is 0 Å². The molecule has 2 aromatic carbocycles. The lowest BCUT2D eigenvalue weighted by atomic mass is 10.1. The van der Waals surface area contributed by atoms with E-state index in [9.17, 15) is 22.4 Å². The van der Waals surface area contributed by atoms with Gasteiger partial charge < -0.3 is 14.6 Å². The Morgan fingerprint density at radius 2 is 1.94 bits per heavy atom. The van der Waals surface area contributed by atoms with Crippen molar-refractivity contribution in [2.45, 2.75) is 19.6 Å². The third-order valence-corrected chi connectivity index (χ3v) is 4.63. The third-order valence-electron chi connectivity index (χ3n) is 4.33. The minimum atomic E-state index is -4.53. The number of rotatable bonds is 8. The molecule has 0 atom stereocenters. The van der Waals surface area contributed by atoms with Crippen molar-refractivity contribution in [1.82, 2.24) is 9.78 Å². The van der Waals surface area contributed by atoms with Gasteiger partial charge in [-0.2, -0.15) is 22.7 Å². The van der Waals surface area contributed by atoms with E-state index in [2.05, 4.69) is 5.10 Å². The number of ether oxygens (including phenoxy) is 2. The normalized spacial score (nSPS) is 11.4. The molecule has 6 nitrogen and oxygen atoms in total. The van der Waals surface area contributed by atoms with Gasteiger partial charge in [-0.3, -0.25) is 0 Å². The second-order valence-electron chi connectivity index (χ2n) is 6.50. The zero-order valence-electron chi connectivity index (χ0n) is 16.6. The van der Waals surface area contributed by atoms with Gasteiger partial charge in [0.25, 0.3) is 0 Å². The highest BCUT2D eigenvalue weighted by molar-refractivity contribution is 6.32. The number of alkyl halides is 3. The fraction of sp³-hybridized carbons (Fsp3) is 0.238. The summed E-state index contributed by atoms with van der Waals surface area (Å²) in [6.07, 6.45) is -4.53. The number of carbonyl (C=O) groups is 1. The van der Waals surface area contributed by atoms with Gasteiger partial charge in [-0.15, -0.1) is 0 Å². The summed E-state index contributed by atoms with van der Waals surface area (Å²) in [5, 5.41) is 13.1. The fourth-order valence-electron chi connectivity index (χ4n) is 2.87. The second-order valence-corrected chi connectivity index (χ2v) is 6.91. The summed E-state index contributed by atoms with van der Waals surface area (Å²) in [6.45, 7) is 1.69. The molecule has 1 N–H and O–H groups in total. The Bertz CT molecular complexity index is 1130. The third kappa shape index (κ3) is 5.13. The molecule has 0 unspecified atom stereocenters. The number of carboxylic acid groups (broad SMARTS) is 1. The highest BCUT2D eigenvalue weighted by Crippen LogP contribution is 2.35. The van der Waals surface area contributed by atoms with Crippen LogP contribution in [0.1, 0.15) is 22.8 Å². The predicted molar refractivity (Wildman–Crippen MR) is 108 cm³/mol. The van der Waals surface area contributed by atoms with Gasteiger partial charge in [0.15, 0.2) is 0 Å². The molecule has 0 aliphatic heterocycles. The van der Waals surface area contributed by atoms with Crippen LogP contribution in [0.15, 0.2) is 42.5 Å². The maximum absolute atomic E-state index is 14.9. The highest BCUT2D eigenvalue weighted by Gasteiger charge is 2.31. The molecular weight excluding hydrogens is 456 g/mol. The minimum absolute atomic E-state index is 0.0117. The Kier molecular flexibility index (Phi) is 6.93. The first kappa shape index (κ1) is 23.4. The van der Waals surface area contributed by atoms with Crippen LogP contribution in [0.25, 0.3) is 11.3 Å². The zero-order chi connectivity index (χ0) is 23.5. The Hall–Kier alpha value is -3.27. The van der Waals surface area contributed by atoms with Crippen molar-refractivity contribution in [3.63, 3.8) is 0 Å². The molecule has 0 bridgehead atoms. The summed E-state index contributed by atoms with van der Waals surface area (Å²) < 4.78 is 65.1. The standard InChI is InChI=1S/C21H17ClF4N2O4/c1-2-31-19-17(23)18(12-4-3-5-13(10-12)20(29)30)27-28(19)8-9-32-16-7-6-14(11-15(16)22)21(24,25)26/h3-7,10-11H,2,8-9H2,1H3,(H,29,30). The number of hydrogen-bond acceptors (Lipinski definition) is 4. The van der Waals surface area contributed by atoms with Crippen molar-refractivity contribution in [1.29, 1.82) is 0 Å². The van der Waals surface area contributed by atoms with Gasteiger partial charge in [0.05, 0.1) is 29.3 Å². The SMILES string of the molecule is CCOc1c(F)c(-c2cccc(C(=O)O)c2)nn1CCOc1ccc(C(F)(F)F)cc1Cl. The fourth-order valence-corrected chi connectivity index (χ4v) is 3.11. The smallest absolute Gasteiger partial charge is 0.416 e. The second kappa shape index (κ2) is 9.47. The van der Waals surface area contributed by atoms with Crippen molar-refractivity contribution in [2.24, 2.45) is 0 Å². The molecule has 3 aromatic rings. The number of aromatic carboxylic acids is 1. The molecule has 3 rings (SSSR count). The number of carboxylic acids is 1. The number of halogens is 5. The van der Waals surface area contributed by atoms with Crippen LogP contribution in [-0.4, -0.2) is 34.1 Å². The van der Waals surface area contributed by atoms with Gasteiger partial charge in [0.2, 0.25) is 11.7 Å². The van der Waals surface area contributed by atoms with E-state index in [-0.39, 0.29) is 53.2 Å². The van der Waals surface area contributed by atoms with E-state index < -0.39 is 23.5 Å². The quantitative estimate of drug-likeness (QED) is 0.436. The van der Waals surface area contributed by atoms with Crippen LogP contribution in [0.2, 0.25) is 5.02 Å². The van der Waals surface area contributed by atoms with E-state index in [1.54, 1.807) is 6.92 Å². The largest absolute Gasteiger partial charge is 0.490 e. The first-order valence-corrected chi connectivity index (χ1v) is 9.72. The molecule has 1 heterocycles. The summed E-state index contributed by atoms with van der Waals surface area (Å²) >= 11 is 5.87. The summed E-state index contributed by atoms with van der Waals surface area (Å²) in [5.74, 6) is -2.09. The number of benzene rings is 2. The molecule has 0 aliphatic carbocycles. The predicted octanol–water partition coefficient (Wildman–Crippen LogP) is 5.54. The van der Waals surface area contributed by atoms with Crippen LogP contribution in [0, 0.1) is 5.82 Å². The van der Waals surface area contributed by atoms with Gasteiger partial charge in [0, 0.05) is 5.56 Å². The number of nitrogens with zero attached hydrogens (tertiary/aromatic N) is 2. The van der Waals surface area contributed by atoms with E-state index in [1.165, 1.54) is 28.9 Å². The van der Waals surface area contributed by atoms with E-state index in [4.69, 9.17) is 26.2 Å². The zero-order valence-corrected chi connectivity index (χ0v) is 17.4. The summed E-state index contributed by atoms with van der Waals surface area (Å²) in [5.41, 5.74) is -0.802. The molecule has 170 valence electrons. The monoisotopic (exact) mass is 472 g/mol. The number of aromatic nitrogens is 2. The molecule has 32 heavy (non-hydrogen) atoms. The van der Waals surface area contributed by atoms with Gasteiger partial charge in [0.1, 0.15) is 18.1 Å². The van der Waals surface area contributed by atoms with Crippen LogP contribution >= 0.6 is 11.6 Å². The number of hydrogen-bond donors (Lipinski definition) is 1. The minimum Gasteiger partial charge on any atom is -0.490 e. The average molecular weight is 473 g/mol. The molecule has 0 saturated carbocycles. The lowest BCUT2D eigenvalue weighted by molar-refractivity contribution is -0.137. The van der Waals surface area contributed by atoms with Crippen LogP contribution in [-0.2, 0) is 12.7 Å². The molecule has 1 aromatic heterocycles. The molecule has 0 spiro atoms. The van der Waals surface area contributed by atoms with Crippen LogP contribution in [0.3, 0.4) is 0 Å². The maximum Gasteiger partial charge on any atom is 0.416 e. The molecule has 0 radical (unpaired) electrons. The molecular formula is C21H17ClF4N2O4. The van der Waals surface area contributed by atoms with Gasteiger partial charge >= 0.3 is 12.1 Å². The maximum atomic E-state index is 14.9. The first-order chi connectivity index (χ1) is 15.1. The lowest BCUT2D eigenvalue weighted by Crippen LogP contribution is -2.12. The van der Waals surface area contributed by atoms with Crippen LogP contribution in [0.4, 0.5) is 17.6 Å². The Morgan fingerprint density at radius 3 is 2.56 bits per heavy atom. The summed E-state index contributed by atoms with van der Waals surface area (Å²) in [6, 6.07) is 8.32. The Labute approximate surface area is 184 Å². The first-order valence-electron chi connectivity index (χ1n) is 9.34.